The number of halogens is 1. The predicted molar refractivity (Wildman–Crippen MR) is 50.6 cm³/mol. The van der Waals surface area contributed by atoms with Crippen LogP contribution in [0.15, 0.2) is 16.8 Å². The van der Waals surface area contributed by atoms with Gasteiger partial charge in [-0.15, -0.1) is 0 Å². The Morgan fingerprint density at radius 3 is 3.08 bits per heavy atom. The molecule has 1 saturated heterocycles. The Hall–Kier alpha value is -1.03. The van der Waals surface area contributed by atoms with E-state index < -0.39 is 0 Å². The third-order valence-electron chi connectivity index (χ3n) is 1.71. The molecule has 0 unspecified atom stereocenters. The zero-order chi connectivity index (χ0) is 9.68. The number of carbonyl (C=O) groups is 1. The lowest BCUT2D eigenvalue weighted by Gasteiger charge is -2.03. The average Bonchev–Trinajstić information content (AvgIpc) is 2.43. The molecule has 1 amide bonds. The second-order valence-electron chi connectivity index (χ2n) is 2.67. The first kappa shape index (κ1) is 10.1. The van der Waals surface area contributed by atoms with Gasteiger partial charge in [-0.3, -0.25) is 4.79 Å². The molecule has 1 fully saturated rings. The van der Waals surface area contributed by atoms with E-state index in [1.165, 1.54) is 5.54 Å². The van der Waals surface area contributed by atoms with Crippen molar-refractivity contribution in [3.05, 3.63) is 11.6 Å². The van der Waals surface area contributed by atoms with Gasteiger partial charge in [0, 0.05) is 25.5 Å². The quantitative estimate of drug-likeness (QED) is 0.506. The van der Waals surface area contributed by atoms with Gasteiger partial charge in [0.05, 0.1) is 0 Å². The molecule has 0 radical (unpaired) electrons. The maximum absolute atomic E-state index is 11.2. The van der Waals surface area contributed by atoms with Crippen LogP contribution in [-0.4, -0.2) is 36.7 Å². The zero-order valence-corrected chi connectivity index (χ0v) is 8.12. The molecule has 1 heterocycles. The standard InChI is InChI=1S/C8H11ClN2O2/c1-11-5-3-7(8(11)12)10-13-6-2-4-9/h2,4H,3,5-6H2,1H3/b4-2+,10-7-. The van der Waals surface area contributed by atoms with Crippen LogP contribution in [0.2, 0.25) is 0 Å². The highest BCUT2D eigenvalue weighted by molar-refractivity contribution is 6.40. The molecule has 72 valence electrons. The van der Waals surface area contributed by atoms with E-state index in [0.29, 0.717) is 25.3 Å². The summed E-state index contributed by atoms with van der Waals surface area (Å²) in [5.74, 6) is -0.0603. The summed E-state index contributed by atoms with van der Waals surface area (Å²) < 4.78 is 0. The van der Waals surface area contributed by atoms with Crippen LogP contribution in [0.4, 0.5) is 0 Å². The summed E-state index contributed by atoms with van der Waals surface area (Å²) in [5.41, 5.74) is 1.83. The van der Waals surface area contributed by atoms with Gasteiger partial charge in [0.1, 0.15) is 12.3 Å². The van der Waals surface area contributed by atoms with Crippen LogP contribution < -0.4 is 0 Å². The molecule has 1 aliphatic rings. The van der Waals surface area contributed by atoms with Crippen LogP contribution in [0, 0.1) is 0 Å². The number of amides is 1. The minimum Gasteiger partial charge on any atom is -0.391 e. The monoisotopic (exact) mass is 202 g/mol. The van der Waals surface area contributed by atoms with E-state index in [4.69, 9.17) is 16.4 Å². The Morgan fingerprint density at radius 2 is 2.54 bits per heavy atom. The molecule has 0 bridgehead atoms. The van der Waals surface area contributed by atoms with Gasteiger partial charge in [-0.1, -0.05) is 16.8 Å². The van der Waals surface area contributed by atoms with E-state index in [-0.39, 0.29) is 5.91 Å². The largest absolute Gasteiger partial charge is 0.391 e. The molecular weight excluding hydrogens is 192 g/mol. The lowest BCUT2D eigenvalue weighted by molar-refractivity contribution is -0.121. The Morgan fingerprint density at radius 1 is 1.77 bits per heavy atom. The summed E-state index contributed by atoms with van der Waals surface area (Å²) >= 11 is 5.26. The van der Waals surface area contributed by atoms with Crippen molar-refractivity contribution in [2.75, 3.05) is 20.2 Å². The second kappa shape index (κ2) is 4.87. The summed E-state index contributed by atoms with van der Waals surface area (Å²) in [6.07, 6.45) is 2.26. The predicted octanol–water partition coefficient (Wildman–Crippen LogP) is 0.974. The number of hydrogen-bond acceptors (Lipinski definition) is 3. The third-order valence-corrected chi connectivity index (χ3v) is 1.89. The lowest BCUT2D eigenvalue weighted by Crippen LogP contribution is -2.22. The highest BCUT2D eigenvalue weighted by atomic mass is 35.5. The van der Waals surface area contributed by atoms with Crippen LogP contribution in [0.25, 0.3) is 0 Å². The van der Waals surface area contributed by atoms with Crippen LogP contribution >= 0.6 is 11.6 Å². The molecule has 0 aromatic rings. The highest BCUT2D eigenvalue weighted by Gasteiger charge is 2.24. The number of likely N-dealkylation sites (tertiary alicyclic amines) is 1. The Bertz CT molecular complexity index is 251. The maximum Gasteiger partial charge on any atom is 0.271 e. The lowest BCUT2D eigenvalue weighted by atomic mass is 10.3. The Balaban J connectivity index is 2.39. The number of nitrogens with zero attached hydrogens (tertiary/aromatic N) is 2. The van der Waals surface area contributed by atoms with Crippen molar-refractivity contribution < 1.29 is 9.63 Å². The van der Waals surface area contributed by atoms with Gasteiger partial charge in [0.25, 0.3) is 5.91 Å². The van der Waals surface area contributed by atoms with Crippen molar-refractivity contribution in [1.82, 2.24) is 4.90 Å². The molecule has 13 heavy (non-hydrogen) atoms. The summed E-state index contributed by atoms with van der Waals surface area (Å²) in [7, 11) is 1.74. The Labute approximate surface area is 81.8 Å². The molecule has 0 aromatic heterocycles. The maximum atomic E-state index is 11.2. The molecule has 0 aromatic carbocycles. The number of rotatable bonds is 3. The summed E-state index contributed by atoms with van der Waals surface area (Å²) in [6.45, 7) is 1.01. The molecular formula is C8H11ClN2O2. The first-order chi connectivity index (χ1) is 6.25. The van der Waals surface area contributed by atoms with Crippen LogP contribution in [0.3, 0.4) is 0 Å². The molecule has 0 saturated carbocycles. The molecule has 0 atom stereocenters. The van der Waals surface area contributed by atoms with Crippen molar-refractivity contribution in [3.63, 3.8) is 0 Å². The van der Waals surface area contributed by atoms with E-state index in [9.17, 15) is 4.79 Å². The second-order valence-corrected chi connectivity index (χ2v) is 2.92. The molecule has 0 aliphatic carbocycles. The molecule has 0 spiro atoms. The van der Waals surface area contributed by atoms with Crippen molar-refractivity contribution in [1.29, 1.82) is 0 Å². The number of hydrogen-bond donors (Lipinski definition) is 0. The topological polar surface area (TPSA) is 41.9 Å². The Kier molecular flexibility index (Phi) is 3.76. The first-order valence-corrected chi connectivity index (χ1v) is 4.39. The minimum absolute atomic E-state index is 0.0603. The van der Waals surface area contributed by atoms with E-state index in [0.717, 1.165) is 0 Å². The van der Waals surface area contributed by atoms with E-state index in [1.807, 2.05) is 0 Å². The van der Waals surface area contributed by atoms with Crippen molar-refractivity contribution in [2.45, 2.75) is 6.42 Å². The molecule has 4 nitrogen and oxygen atoms in total. The van der Waals surface area contributed by atoms with Gasteiger partial charge in [-0.05, 0) is 6.08 Å². The minimum atomic E-state index is -0.0603. The molecule has 1 rings (SSSR count). The van der Waals surface area contributed by atoms with Gasteiger partial charge in [0.15, 0.2) is 0 Å². The smallest absolute Gasteiger partial charge is 0.271 e. The molecule has 5 heteroatoms. The number of carbonyl (C=O) groups excluding carboxylic acids is 1. The van der Waals surface area contributed by atoms with Crippen molar-refractivity contribution in [2.24, 2.45) is 5.16 Å². The average molecular weight is 203 g/mol. The third kappa shape index (κ3) is 2.73. The van der Waals surface area contributed by atoms with Gasteiger partial charge >= 0.3 is 0 Å². The van der Waals surface area contributed by atoms with Gasteiger partial charge in [0.2, 0.25) is 0 Å². The van der Waals surface area contributed by atoms with Crippen LogP contribution in [-0.2, 0) is 9.63 Å². The fourth-order valence-corrected chi connectivity index (χ4v) is 1.05. The summed E-state index contributed by atoms with van der Waals surface area (Å²) in [4.78, 5) is 17.7. The highest BCUT2D eigenvalue weighted by Crippen LogP contribution is 2.05. The van der Waals surface area contributed by atoms with E-state index in [2.05, 4.69) is 5.16 Å². The fourth-order valence-electron chi connectivity index (χ4n) is 0.982. The zero-order valence-electron chi connectivity index (χ0n) is 7.36. The van der Waals surface area contributed by atoms with E-state index in [1.54, 1.807) is 18.0 Å². The summed E-state index contributed by atoms with van der Waals surface area (Å²) in [6, 6.07) is 0. The molecule has 1 aliphatic heterocycles. The molecule has 0 N–H and O–H groups in total. The SMILES string of the molecule is CN1CC/C(=N/OC/C=C/Cl)C1=O. The van der Waals surface area contributed by atoms with Crippen molar-refractivity contribution >= 4 is 23.2 Å². The summed E-state index contributed by atoms with van der Waals surface area (Å²) in [5, 5.41) is 3.71. The van der Waals surface area contributed by atoms with Gasteiger partial charge in [-0.25, -0.2) is 0 Å². The fraction of sp³-hybridized carbons (Fsp3) is 0.500. The van der Waals surface area contributed by atoms with Crippen molar-refractivity contribution in [3.8, 4) is 0 Å². The van der Waals surface area contributed by atoms with Crippen LogP contribution in [0.5, 0.6) is 0 Å². The van der Waals surface area contributed by atoms with E-state index >= 15 is 0 Å². The first-order valence-electron chi connectivity index (χ1n) is 3.95. The normalized spacial score (nSPS) is 20.6. The van der Waals surface area contributed by atoms with Gasteiger partial charge in [-0.2, -0.15) is 0 Å². The number of oxime groups is 1. The van der Waals surface area contributed by atoms with Crippen LogP contribution in [0.1, 0.15) is 6.42 Å². The van der Waals surface area contributed by atoms with Gasteiger partial charge < -0.3 is 9.74 Å².